The second kappa shape index (κ2) is 6.54. The van der Waals surface area contributed by atoms with Gasteiger partial charge in [0.2, 0.25) is 0 Å². The van der Waals surface area contributed by atoms with E-state index in [1.165, 1.54) is 24.0 Å². The number of carbonyl (C=O) groups excluding carboxylic acids is 2. The van der Waals surface area contributed by atoms with Gasteiger partial charge in [-0.25, -0.2) is 4.79 Å². The van der Waals surface area contributed by atoms with Crippen molar-refractivity contribution in [2.75, 3.05) is 12.4 Å². The molecular weight excluding hydrogens is 286 g/mol. The third kappa shape index (κ3) is 3.70. The Morgan fingerprint density at radius 3 is 2.33 bits per heavy atom. The van der Waals surface area contributed by atoms with E-state index in [0.29, 0.717) is 21.4 Å². The fourth-order valence-corrected chi connectivity index (χ4v) is 2.64. The van der Waals surface area contributed by atoms with E-state index < -0.39 is 5.97 Å². The second-order valence-corrected chi connectivity index (χ2v) is 5.97. The molecule has 0 bridgehead atoms. The molecule has 0 fully saturated rings. The van der Waals surface area contributed by atoms with E-state index in [2.05, 4.69) is 23.9 Å². The molecule has 0 spiro atoms. The molecule has 0 radical (unpaired) electrons. The summed E-state index contributed by atoms with van der Waals surface area (Å²) in [7, 11) is 1.33. The van der Waals surface area contributed by atoms with Gasteiger partial charge in [-0.15, -0.1) is 11.3 Å². The Labute approximate surface area is 127 Å². The smallest absolute Gasteiger partial charge is 0.348 e. The molecule has 0 unspecified atom stereocenters. The van der Waals surface area contributed by atoms with Crippen molar-refractivity contribution < 1.29 is 14.3 Å². The number of amides is 1. The lowest BCUT2D eigenvalue weighted by molar-refractivity contribution is 0.0606. The van der Waals surface area contributed by atoms with Gasteiger partial charge in [0.25, 0.3) is 5.91 Å². The highest BCUT2D eigenvalue weighted by Gasteiger charge is 2.12. The zero-order valence-electron chi connectivity index (χ0n) is 12.2. The molecular formula is C16H17NO3S. The minimum Gasteiger partial charge on any atom is -0.465 e. The predicted molar refractivity (Wildman–Crippen MR) is 84.1 cm³/mol. The minimum atomic E-state index is -0.401. The van der Waals surface area contributed by atoms with Gasteiger partial charge in [-0.1, -0.05) is 26.0 Å². The Bertz CT molecular complexity index is 644. The molecule has 1 heterocycles. The van der Waals surface area contributed by atoms with Gasteiger partial charge in [0.05, 0.1) is 12.1 Å². The van der Waals surface area contributed by atoms with Crippen LogP contribution in [0.5, 0.6) is 0 Å². The number of thiophene rings is 1. The fraction of sp³-hybridized carbons (Fsp3) is 0.250. The molecule has 1 aromatic heterocycles. The molecule has 1 amide bonds. The van der Waals surface area contributed by atoms with E-state index in [1.807, 2.05) is 12.1 Å². The zero-order valence-corrected chi connectivity index (χ0v) is 13.0. The molecule has 110 valence electrons. The lowest BCUT2D eigenvalue weighted by Gasteiger charge is -2.06. The van der Waals surface area contributed by atoms with Gasteiger partial charge >= 0.3 is 5.97 Å². The van der Waals surface area contributed by atoms with Crippen molar-refractivity contribution in [1.29, 1.82) is 0 Å². The summed E-state index contributed by atoms with van der Waals surface area (Å²) in [5, 5.41) is 3.40. The standard InChI is InChI=1S/C16H17NO3S/c1-10(2)11-4-6-12(7-5-11)15(18)17-14-9-8-13(21-14)16(19)20-3/h4-10H,1-3H3,(H,17,18). The highest BCUT2D eigenvalue weighted by Crippen LogP contribution is 2.23. The molecule has 2 aromatic rings. The average molecular weight is 303 g/mol. The number of rotatable bonds is 4. The Morgan fingerprint density at radius 1 is 1.10 bits per heavy atom. The van der Waals surface area contributed by atoms with Gasteiger partial charge in [0.1, 0.15) is 4.88 Å². The van der Waals surface area contributed by atoms with Gasteiger partial charge < -0.3 is 10.1 Å². The van der Waals surface area contributed by atoms with E-state index in [-0.39, 0.29) is 5.91 Å². The molecule has 4 nitrogen and oxygen atoms in total. The summed E-state index contributed by atoms with van der Waals surface area (Å²) in [6.45, 7) is 4.21. The summed E-state index contributed by atoms with van der Waals surface area (Å²) >= 11 is 1.19. The van der Waals surface area contributed by atoms with Gasteiger partial charge in [0.15, 0.2) is 0 Å². The van der Waals surface area contributed by atoms with Crippen LogP contribution in [0.25, 0.3) is 0 Å². The Balaban J connectivity index is 2.07. The third-order valence-corrected chi connectivity index (χ3v) is 4.05. The van der Waals surface area contributed by atoms with Crippen LogP contribution >= 0.6 is 11.3 Å². The maximum Gasteiger partial charge on any atom is 0.348 e. The minimum absolute atomic E-state index is 0.191. The first-order valence-corrected chi connectivity index (χ1v) is 7.42. The SMILES string of the molecule is COC(=O)c1ccc(NC(=O)c2ccc(C(C)C)cc2)s1. The first-order valence-electron chi connectivity index (χ1n) is 6.60. The van der Waals surface area contributed by atoms with Crippen LogP contribution in [0, 0.1) is 0 Å². The number of esters is 1. The lowest BCUT2D eigenvalue weighted by atomic mass is 10.0. The molecule has 0 aliphatic carbocycles. The molecule has 0 saturated carbocycles. The molecule has 1 aromatic carbocycles. The van der Waals surface area contributed by atoms with Crippen LogP contribution in [0.2, 0.25) is 0 Å². The van der Waals surface area contributed by atoms with Gasteiger partial charge in [-0.05, 0) is 35.7 Å². The van der Waals surface area contributed by atoms with E-state index in [0.717, 1.165) is 0 Å². The number of benzene rings is 1. The number of nitrogens with one attached hydrogen (secondary N) is 1. The number of methoxy groups -OCH3 is 1. The van der Waals surface area contributed by atoms with Crippen LogP contribution < -0.4 is 5.32 Å². The zero-order chi connectivity index (χ0) is 15.4. The molecule has 2 rings (SSSR count). The number of ether oxygens (including phenoxy) is 1. The maximum atomic E-state index is 12.1. The van der Waals surface area contributed by atoms with E-state index >= 15 is 0 Å². The molecule has 0 aliphatic heterocycles. The third-order valence-electron chi connectivity index (χ3n) is 3.07. The summed E-state index contributed by atoms with van der Waals surface area (Å²) in [5.41, 5.74) is 1.78. The number of anilines is 1. The van der Waals surface area contributed by atoms with Crippen molar-refractivity contribution in [1.82, 2.24) is 0 Å². The Morgan fingerprint density at radius 2 is 1.76 bits per heavy atom. The van der Waals surface area contributed by atoms with Crippen molar-refractivity contribution in [2.24, 2.45) is 0 Å². The van der Waals surface area contributed by atoms with Gasteiger partial charge in [-0.3, -0.25) is 4.79 Å². The Hall–Kier alpha value is -2.14. The van der Waals surface area contributed by atoms with Crippen molar-refractivity contribution in [2.45, 2.75) is 19.8 Å². The number of carbonyl (C=O) groups is 2. The summed E-state index contributed by atoms with van der Waals surface area (Å²) in [6.07, 6.45) is 0. The van der Waals surface area contributed by atoms with Crippen LogP contribution in [0.1, 0.15) is 45.4 Å². The number of hydrogen-bond acceptors (Lipinski definition) is 4. The second-order valence-electron chi connectivity index (χ2n) is 4.89. The highest BCUT2D eigenvalue weighted by molar-refractivity contribution is 7.18. The first kappa shape index (κ1) is 15.3. The van der Waals surface area contributed by atoms with Crippen molar-refractivity contribution in [3.63, 3.8) is 0 Å². The van der Waals surface area contributed by atoms with E-state index in [9.17, 15) is 9.59 Å². The van der Waals surface area contributed by atoms with Crippen LogP contribution in [0.4, 0.5) is 5.00 Å². The molecule has 1 N–H and O–H groups in total. The van der Waals surface area contributed by atoms with Crippen LogP contribution in [-0.2, 0) is 4.74 Å². The first-order chi connectivity index (χ1) is 10.0. The molecule has 0 saturated heterocycles. The predicted octanol–water partition coefficient (Wildman–Crippen LogP) is 3.91. The number of hydrogen-bond donors (Lipinski definition) is 1. The van der Waals surface area contributed by atoms with Crippen molar-refractivity contribution in [3.8, 4) is 0 Å². The summed E-state index contributed by atoms with van der Waals surface area (Å²) < 4.78 is 4.63. The quantitative estimate of drug-likeness (QED) is 0.871. The van der Waals surface area contributed by atoms with Crippen LogP contribution in [0.3, 0.4) is 0 Å². The van der Waals surface area contributed by atoms with Crippen molar-refractivity contribution in [3.05, 3.63) is 52.4 Å². The van der Waals surface area contributed by atoms with E-state index in [4.69, 9.17) is 0 Å². The van der Waals surface area contributed by atoms with Crippen LogP contribution in [0.15, 0.2) is 36.4 Å². The summed E-state index contributed by atoms with van der Waals surface area (Å²) in [6, 6.07) is 10.8. The average Bonchev–Trinajstić information content (AvgIpc) is 2.95. The normalized spacial score (nSPS) is 10.5. The molecule has 21 heavy (non-hydrogen) atoms. The van der Waals surface area contributed by atoms with Crippen LogP contribution in [-0.4, -0.2) is 19.0 Å². The monoisotopic (exact) mass is 303 g/mol. The molecule has 5 heteroatoms. The summed E-state index contributed by atoms with van der Waals surface area (Å²) in [5.74, 6) is -0.160. The van der Waals surface area contributed by atoms with Crippen molar-refractivity contribution >= 4 is 28.2 Å². The van der Waals surface area contributed by atoms with Gasteiger partial charge in [-0.2, -0.15) is 0 Å². The topological polar surface area (TPSA) is 55.4 Å². The van der Waals surface area contributed by atoms with Gasteiger partial charge in [0, 0.05) is 5.56 Å². The summed E-state index contributed by atoms with van der Waals surface area (Å²) in [4.78, 5) is 23.9. The highest BCUT2D eigenvalue weighted by atomic mass is 32.1. The molecule has 0 atom stereocenters. The van der Waals surface area contributed by atoms with E-state index in [1.54, 1.807) is 24.3 Å². The fourth-order valence-electron chi connectivity index (χ4n) is 1.82. The largest absolute Gasteiger partial charge is 0.465 e. The Kier molecular flexibility index (Phi) is 4.75. The lowest BCUT2D eigenvalue weighted by Crippen LogP contribution is -2.10. The molecule has 0 aliphatic rings. The maximum absolute atomic E-state index is 12.1.